The molecule has 0 aliphatic heterocycles. The van der Waals surface area contributed by atoms with E-state index >= 15 is 0 Å². The van der Waals surface area contributed by atoms with Crippen molar-refractivity contribution in [2.45, 2.75) is 6.92 Å². The van der Waals surface area contributed by atoms with Crippen LogP contribution in [0.1, 0.15) is 6.92 Å². The fourth-order valence-electron chi connectivity index (χ4n) is 0.878. The molecule has 12 heavy (non-hydrogen) atoms. The first kappa shape index (κ1) is 8.65. The van der Waals surface area contributed by atoms with Gasteiger partial charge in [0, 0.05) is 12.6 Å². The van der Waals surface area contributed by atoms with Gasteiger partial charge in [0.2, 0.25) is 5.91 Å². The molecule has 0 atom stereocenters. The number of anilines is 1. The molecule has 3 nitrogen and oxygen atoms in total. The molecule has 4 heteroatoms. The highest BCUT2D eigenvalue weighted by Gasteiger charge is 1.94. The predicted octanol–water partition coefficient (Wildman–Crippen LogP) is 0.572. The Bertz CT molecular complexity index is 271. The molecule has 0 spiro atoms. The topological polar surface area (TPSA) is 38.3 Å². The molecule has 0 aliphatic rings. The van der Waals surface area contributed by atoms with Crippen LogP contribution in [-0.4, -0.2) is 14.0 Å². The van der Waals surface area contributed by atoms with Gasteiger partial charge in [-0.2, -0.15) is 0 Å². The molecule has 1 rings (SSSR count). The Labute approximate surface area is 72.2 Å². The van der Waals surface area contributed by atoms with Crippen LogP contribution < -0.4 is 9.97 Å². The van der Waals surface area contributed by atoms with Crippen molar-refractivity contribution in [3.05, 3.63) is 24.3 Å². The lowest BCUT2D eigenvalue weighted by Gasteiger charge is -2.03. The summed E-state index contributed by atoms with van der Waals surface area (Å²) in [5, 5.41) is 2.66. The lowest BCUT2D eigenvalue weighted by atomic mass is 10.3. The van der Waals surface area contributed by atoms with Gasteiger partial charge in [-0.1, -0.05) is 0 Å². The van der Waals surface area contributed by atoms with E-state index in [1.807, 2.05) is 0 Å². The van der Waals surface area contributed by atoms with Crippen LogP contribution in [-0.2, 0) is 4.79 Å². The maximum absolute atomic E-state index is 10.6. The van der Waals surface area contributed by atoms with E-state index in [0.717, 1.165) is 11.4 Å². The van der Waals surface area contributed by atoms with Gasteiger partial charge in [-0.25, -0.2) is 0 Å². The molecule has 0 bridgehead atoms. The fourth-order valence-corrected chi connectivity index (χ4v) is 0.878. The Balaban J connectivity index is 2.71. The molecule has 1 aromatic rings. The molecule has 0 saturated heterocycles. The Kier molecular flexibility index (Phi) is 2.74. The zero-order valence-electron chi connectivity index (χ0n) is 7.13. The van der Waals surface area contributed by atoms with Crippen molar-refractivity contribution >= 4 is 19.6 Å². The van der Waals surface area contributed by atoms with E-state index < -0.39 is 0 Å². The van der Waals surface area contributed by atoms with Crippen LogP contribution in [0, 0.1) is 0 Å². The van der Waals surface area contributed by atoms with E-state index in [2.05, 4.69) is 5.32 Å². The smallest absolute Gasteiger partial charge is 0.322 e. The standard InChI is InChI=1S/C8H10BNO2/c1-6(11)10-7-2-4-8(12-9)5-3-7/h2-5H,9H2,1H3,(H,10,11). The van der Waals surface area contributed by atoms with Crippen LogP contribution in [0.5, 0.6) is 5.75 Å². The number of nitrogens with one attached hydrogen (secondary N) is 1. The number of hydrogen-bond acceptors (Lipinski definition) is 2. The Morgan fingerprint density at radius 2 is 2.00 bits per heavy atom. The molecular weight excluding hydrogens is 153 g/mol. The predicted molar refractivity (Wildman–Crippen MR) is 49.9 cm³/mol. The lowest BCUT2D eigenvalue weighted by molar-refractivity contribution is -0.114. The molecule has 0 saturated carbocycles. The Hall–Kier alpha value is -1.45. The zero-order chi connectivity index (χ0) is 8.97. The van der Waals surface area contributed by atoms with Gasteiger partial charge < -0.3 is 9.97 Å². The van der Waals surface area contributed by atoms with Gasteiger partial charge in [0.15, 0.2) is 0 Å². The maximum atomic E-state index is 10.6. The van der Waals surface area contributed by atoms with Crippen LogP contribution >= 0.6 is 0 Å². The summed E-state index contributed by atoms with van der Waals surface area (Å²) in [6, 6.07) is 7.18. The van der Waals surface area contributed by atoms with Crippen molar-refractivity contribution in [3.8, 4) is 5.75 Å². The van der Waals surface area contributed by atoms with Gasteiger partial charge in [-0.15, -0.1) is 0 Å². The van der Waals surface area contributed by atoms with Gasteiger partial charge >= 0.3 is 8.05 Å². The van der Waals surface area contributed by atoms with Crippen molar-refractivity contribution in [2.24, 2.45) is 0 Å². The second-order valence-corrected chi connectivity index (χ2v) is 2.41. The normalized spacial score (nSPS) is 9.08. The summed E-state index contributed by atoms with van der Waals surface area (Å²) >= 11 is 0. The largest absolute Gasteiger partial charge is 0.568 e. The summed E-state index contributed by atoms with van der Waals surface area (Å²) < 4.78 is 4.96. The highest BCUT2D eigenvalue weighted by atomic mass is 16.4. The third-order valence-corrected chi connectivity index (χ3v) is 1.41. The molecule has 0 heterocycles. The molecular formula is C8H10BNO2. The maximum Gasteiger partial charge on any atom is 0.322 e. The number of carbonyl (C=O) groups is 1. The molecule has 1 N–H and O–H groups in total. The molecule has 0 aromatic heterocycles. The van der Waals surface area contributed by atoms with Gasteiger partial charge in [0.05, 0.1) is 5.75 Å². The minimum atomic E-state index is -0.0693. The number of benzene rings is 1. The van der Waals surface area contributed by atoms with Gasteiger partial charge in [-0.3, -0.25) is 4.79 Å². The molecule has 1 aromatic carbocycles. The van der Waals surface area contributed by atoms with Crippen LogP contribution in [0.15, 0.2) is 24.3 Å². The van der Waals surface area contributed by atoms with E-state index in [1.54, 1.807) is 32.3 Å². The molecule has 0 fully saturated rings. The van der Waals surface area contributed by atoms with Crippen molar-refractivity contribution < 1.29 is 9.45 Å². The Morgan fingerprint density at radius 1 is 1.42 bits per heavy atom. The van der Waals surface area contributed by atoms with Gasteiger partial charge in [-0.05, 0) is 24.3 Å². The molecule has 0 radical (unpaired) electrons. The summed E-state index contributed by atoms with van der Waals surface area (Å²) in [5.74, 6) is 0.712. The zero-order valence-corrected chi connectivity index (χ0v) is 7.13. The fraction of sp³-hybridized carbons (Fsp3) is 0.125. The minimum absolute atomic E-state index is 0.0693. The first-order chi connectivity index (χ1) is 5.72. The van der Waals surface area contributed by atoms with Gasteiger partial charge in [0.25, 0.3) is 0 Å². The monoisotopic (exact) mass is 163 g/mol. The second-order valence-electron chi connectivity index (χ2n) is 2.41. The highest BCUT2D eigenvalue weighted by Crippen LogP contribution is 2.14. The Morgan fingerprint density at radius 3 is 2.42 bits per heavy atom. The quantitative estimate of drug-likeness (QED) is 0.647. The van der Waals surface area contributed by atoms with E-state index in [1.165, 1.54) is 6.92 Å². The van der Waals surface area contributed by atoms with Crippen molar-refractivity contribution in [2.75, 3.05) is 5.32 Å². The number of rotatable bonds is 2. The summed E-state index contributed by atoms with van der Waals surface area (Å²) in [6.45, 7) is 1.48. The number of amides is 1. The summed E-state index contributed by atoms with van der Waals surface area (Å²) in [7, 11) is 1.60. The highest BCUT2D eigenvalue weighted by molar-refractivity contribution is 6.00. The number of carbonyl (C=O) groups excluding carboxylic acids is 1. The molecule has 0 aliphatic carbocycles. The molecule has 62 valence electrons. The van der Waals surface area contributed by atoms with Crippen LogP contribution in [0.3, 0.4) is 0 Å². The minimum Gasteiger partial charge on any atom is -0.568 e. The number of hydrogen-bond donors (Lipinski definition) is 1. The van der Waals surface area contributed by atoms with Crippen LogP contribution in [0.4, 0.5) is 5.69 Å². The summed E-state index contributed by atoms with van der Waals surface area (Å²) in [5.41, 5.74) is 0.781. The van der Waals surface area contributed by atoms with Crippen LogP contribution in [0.25, 0.3) is 0 Å². The van der Waals surface area contributed by atoms with Crippen molar-refractivity contribution in [3.63, 3.8) is 0 Å². The molecule has 1 amide bonds. The second kappa shape index (κ2) is 3.81. The van der Waals surface area contributed by atoms with Crippen molar-refractivity contribution in [1.82, 2.24) is 0 Å². The summed E-state index contributed by atoms with van der Waals surface area (Å²) in [6.07, 6.45) is 0. The first-order valence-corrected chi connectivity index (χ1v) is 3.64. The van der Waals surface area contributed by atoms with Crippen molar-refractivity contribution in [1.29, 1.82) is 0 Å². The van der Waals surface area contributed by atoms with E-state index in [4.69, 9.17) is 4.65 Å². The van der Waals surface area contributed by atoms with E-state index in [-0.39, 0.29) is 5.91 Å². The third-order valence-electron chi connectivity index (χ3n) is 1.41. The van der Waals surface area contributed by atoms with E-state index in [0.29, 0.717) is 0 Å². The molecule has 0 unspecified atom stereocenters. The van der Waals surface area contributed by atoms with Crippen LogP contribution in [0.2, 0.25) is 0 Å². The van der Waals surface area contributed by atoms with E-state index in [9.17, 15) is 4.79 Å². The average molecular weight is 163 g/mol. The lowest BCUT2D eigenvalue weighted by Crippen LogP contribution is -2.05. The first-order valence-electron chi connectivity index (χ1n) is 3.64. The SMILES string of the molecule is BOc1ccc(NC(C)=O)cc1. The third kappa shape index (κ3) is 2.30. The van der Waals surface area contributed by atoms with Gasteiger partial charge in [0.1, 0.15) is 0 Å². The summed E-state index contributed by atoms with van der Waals surface area (Å²) in [4.78, 5) is 10.6. The average Bonchev–Trinajstić information content (AvgIpc) is 2.05.